The number of rotatable bonds is 5. The Morgan fingerprint density at radius 1 is 0.933 bits per heavy atom. The summed E-state index contributed by atoms with van der Waals surface area (Å²) in [5, 5.41) is 12.8. The van der Waals surface area contributed by atoms with Crippen molar-refractivity contribution in [1.82, 2.24) is 0 Å². The summed E-state index contributed by atoms with van der Waals surface area (Å²) in [6.45, 7) is 0.414. The molecule has 0 aliphatic heterocycles. The highest BCUT2D eigenvalue weighted by Crippen LogP contribution is 2.29. The monoisotopic (exact) mass is 473 g/mol. The lowest BCUT2D eigenvalue weighted by atomic mass is 10.00. The van der Waals surface area contributed by atoms with Gasteiger partial charge in [-0.05, 0) is 64.4 Å². The average molecular weight is 475 g/mol. The van der Waals surface area contributed by atoms with Gasteiger partial charge in [0.05, 0.1) is 11.6 Å². The fraction of sp³-hybridized carbons (Fsp3) is 0.0385. The molecule has 146 valence electrons. The zero-order valence-corrected chi connectivity index (χ0v) is 18.3. The van der Waals surface area contributed by atoms with Crippen LogP contribution in [0.5, 0.6) is 5.75 Å². The molecule has 0 aliphatic rings. The quantitative estimate of drug-likeness (QED) is 0.217. The standard InChI is InChI=1S/C26H17BrClNO/c27-24-9-12-26(30-17-18-5-10-25(28)11-6-18)22(15-24)14-23(16-29)21-8-7-19-3-1-2-4-20(19)13-21/h1-15H,17H2/b23-14-. The zero-order chi connectivity index (χ0) is 20.9. The number of allylic oxidation sites excluding steroid dienone is 1. The number of benzene rings is 4. The van der Waals surface area contributed by atoms with Crippen LogP contribution in [-0.2, 0) is 6.61 Å². The Morgan fingerprint density at radius 2 is 1.70 bits per heavy atom. The van der Waals surface area contributed by atoms with Crippen molar-refractivity contribution in [2.45, 2.75) is 6.61 Å². The van der Waals surface area contributed by atoms with Gasteiger partial charge in [-0.3, -0.25) is 0 Å². The largest absolute Gasteiger partial charge is 0.488 e. The van der Waals surface area contributed by atoms with Crippen LogP contribution in [0.25, 0.3) is 22.4 Å². The maximum Gasteiger partial charge on any atom is 0.127 e. The third-order valence-corrected chi connectivity index (χ3v) is 5.51. The van der Waals surface area contributed by atoms with Gasteiger partial charge in [0, 0.05) is 15.1 Å². The first-order chi connectivity index (χ1) is 14.6. The van der Waals surface area contributed by atoms with Gasteiger partial charge in [-0.2, -0.15) is 5.26 Å². The van der Waals surface area contributed by atoms with Gasteiger partial charge in [-0.1, -0.05) is 76.1 Å². The number of nitrogens with zero attached hydrogens (tertiary/aromatic N) is 1. The van der Waals surface area contributed by atoms with Gasteiger partial charge >= 0.3 is 0 Å². The molecule has 0 spiro atoms. The molecule has 4 heteroatoms. The Kier molecular flexibility index (Phi) is 6.18. The summed E-state index contributed by atoms with van der Waals surface area (Å²) in [5.41, 5.74) is 3.31. The number of ether oxygens (including phenoxy) is 1. The Hall–Kier alpha value is -3.06. The highest BCUT2D eigenvalue weighted by atomic mass is 79.9. The van der Waals surface area contributed by atoms with Gasteiger partial charge in [-0.15, -0.1) is 0 Å². The lowest BCUT2D eigenvalue weighted by Crippen LogP contribution is -1.97. The molecule has 0 bridgehead atoms. The highest BCUT2D eigenvalue weighted by molar-refractivity contribution is 9.10. The fourth-order valence-corrected chi connectivity index (χ4v) is 3.70. The van der Waals surface area contributed by atoms with Crippen molar-refractivity contribution in [2.24, 2.45) is 0 Å². The van der Waals surface area contributed by atoms with Gasteiger partial charge < -0.3 is 4.74 Å². The number of fused-ring (bicyclic) bond motifs is 1. The molecule has 4 aromatic carbocycles. The minimum Gasteiger partial charge on any atom is -0.488 e. The average Bonchev–Trinajstić information content (AvgIpc) is 2.77. The first-order valence-electron chi connectivity index (χ1n) is 9.40. The molecular weight excluding hydrogens is 458 g/mol. The summed E-state index contributed by atoms with van der Waals surface area (Å²) in [6, 6.07) is 29.8. The van der Waals surface area contributed by atoms with Crippen LogP contribution in [0.15, 0.2) is 89.4 Å². The number of halogens is 2. The van der Waals surface area contributed by atoms with E-state index < -0.39 is 0 Å². The van der Waals surface area contributed by atoms with Crippen LogP contribution in [0.3, 0.4) is 0 Å². The van der Waals surface area contributed by atoms with E-state index in [-0.39, 0.29) is 0 Å². The van der Waals surface area contributed by atoms with Crippen molar-refractivity contribution < 1.29 is 4.74 Å². The second-order valence-electron chi connectivity index (χ2n) is 6.83. The maximum absolute atomic E-state index is 9.82. The van der Waals surface area contributed by atoms with Crippen LogP contribution >= 0.6 is 27.5 Å². The van der Waals surface area contributed by atoms with Crippen LogP contribution in [-0.4, -0.2) is 0 Å². The summed E-state index contributed by atoms with van der Waals surface area (Å²) in [7, 11) is 0. The topological polar surface area (TPSA) is 33.0 Å². The molecule has 2 nitrogen and oxygen atoms in total. The van der Waals surface area contributed by atoms with Crippen molar-refractivity contribution in [1.29, 1.82) is 5.26 Å². The molecule has 0 fully saturated rings. The van der Waals surface area contributed by atoms with Crippen LogP contribution in [0.4, 0.5) is 0 Å². The summed E-state index contributed by atoms with van der Waals surface area (Å²) in [6.07, 6.45) is 1.87. The third-order valence-electron chi connectivity index (χ3n) is 4.76. The Bertz CT molecular complexity index is 1270. The van der Waals surface area contributed by atoms with Gasteiger partial charge in [0.25, 0.3) is 0 Å². The second-order valence-corrected chi connectivity index (χ2v) is 8.18. The van der Waals surface area contributed by atoms with E-state index in [9.17, 15) is 5.26 Å². The van der Waals surface area contributed by atoms with Crippen LogP contribution in [0.2, 0.25) is 5.02 Å². The molecule has 0 saturated heterocycles. The zero-order valence-electron chi connectivity index (χ0n) is 16.0. The van der Waals surface area contributed by atoms with Gasteiger partial charge in [0.1, 0.15) is 12.4 Å². The normalized spacial score (nSPS) is 11.3. The molecule has 0 atom stereocenters. The predicted octanol–water partition coefficient (Wildman–Crippen LogP) is 7.90. The highest BCUT2D eigenvalue weighted by Gasteiger charge is 2.08. The molecule has 0 saturated carbocycles. The van der Waals surface area contributed by atoms with E-state index in [1.54, 1.807) is 0 Å². The molecular formula is C26H17BrClNO. The van der Waals surface area contributed by atoms with Crippen LogP contribution in [0, 0.1) is 11.3 Å². The lowest BCUT2D eigenvalue weighted by Gasteiger charge is -2.11. The Labute approximate surface area is 189 Å². The number of hydrogen-bond donors (Lipinski definition) is 0. The first kappa shape index (κ1) is 20.2. The van der Waals surface area contributed by atoms with E-state index in [0.717, 1.165) is 31.9 Å². The second kappa shape index (κ2) is 9.17. The molecule has 4 aromatic rings. The number of hydrogen-bond acceptors (Lipinski definition) is 2. The molecule has 0 amide bonds. The minimum absolute atomic E-state index is 0.414. The molecule has 0 aromatic heterocycles. The Morgan fingerprint density at radius 3 is 2.47 bits per heavy atom. The minimum atomic E-state index is 0.414. The maximum atomic E-state index is 9.82. The molecule has 4 rings (SSSR count). The van der Waals surface area contributed by atoms with Gasteiger partial charge in [0.15, 0.2) is 0 Å². The fourth-order valence-electron chi connectivity index (χ4n) is 3.20. The van der Waals surface area contributed by atoms with Crippen LogP contribution < -0.4 is 4.74 Å². The van der Waals surface area contributed by atoms with Crippen molar-refractivity contribution in [3.63, 3.8) is 0 Å². The van der Waals surface area contributed by atoms with Gasteiger partial charge in [-0.25, -0.2) is 0 Å². The van der Waals surface area contributed by atoms with E-state index in [0.29, 0.717) is 23.0 Å². The molecule has 0 aliphatic carbocycles. The van der Waals surface area contributed by atoms with Crippen molar-refractivity contribution in [3.05, 3.63) is 111 Å². The lowest BCUT2D eigenvalue weighted by molar-refractivity contribution is 0.305. The predicted molar refractivity (Wildman–Crippen MR) is 127 cm³/mol. The van der Waals surface area contributed by atoms with Crippen molar-refractivity contribution in [2.75, 3.05) is 0 Å². The Balaban J connectivity index is 1.67. The molecule has 0 N–H and O–H groups in total. The van der Waals surface area contributed by atoms with Gasteiger partial charge in [0.2, 0.25) is 0 Å². The summed E-state index contributed by atoms with van der Waals surface area (Å²) >= 11 is 9.47. The molecule has 30 heavy (non-hydrogen) atoms. The van der Waals surface area contributed by atoms with Crippen molar-refractivity contribution >= 4 is 50.0 Å². The molecule has 0 heterocycles. The van der Waals surface area contributed by atoms with E-state index >= 15 is 0 Å². The van der Waals surface area contributed by atoms with E-state index in [4.69, 9.17) is 16.3 Å². The van der Waals surface area contributed by atoms with E-state index in [2.05, 4.69) is 28.1 Å². The number of nitriles is 1. The van der Waals surface area contributed by atoms with Crippen LogP contribution in [0.1, 0.15) is 16.7 Å². The summed E-state index contributed by atoms with van der Waals surface area (Å²) < 4.78 is 6.97. The van der Waals surface area contributed by atoms with E-state index in [1.165, 1.54) is 0 Å². The first-order valence-corrected chi connectivity index (χ1v) is 10.6. The summed E-state index contributed by atoms with van der Waals surface area (Å²) in [5.74, 6) is 0.710. The molecule has 0 radical (unpaired) electrons. The van der Waals surface area contributed by atoms with Crippen molar-refractivity contribution in [3.8, 4) is 11.8 Å². The SMILES string of the molecule is N#C/C(=C/c1cc(Br)ccc1OCc1ccc(Cl)cc1)c1ccc2ccccc2c1. The molecule has 0 unspecified atom stereocenters. The third kappa shape index (κ3) is 4.74. The smallest absolute Gasteiger partial charge is 0.127 e. The van der Waals surface area contributed by atoms with E-state index in [1.807, 2.05) is 84.9 Å². The summed E-state index contributed by atoms with van der Waals surface area (Å²) in [4.78, 5) is 0.